The van der Waals surface area contributed by atoms with E-state index >= 15 is 0 Å². The molecule has 78 valence electrons. The number of carbonyl (C=O) groups is 1. The summed E-state index contributed by atoms with van der Waals surface area (Å²) >= 11 is 0. The summed E-state index contributed by atoms with van der Waals surface area (Å²) in [6, 6.07) is 0. The lowest BCUT2D eigenvalue weighted by atomic mass is 10.8. The number of allylic oxidation sites excluding steroid dienone is 1. The lowest BCUT2D eigenvalue weighted by Gasteiger charge is -1.74. The van der Waals surface area contributed by atoms with Crippen LogP contribution in [0.4, 0.5) is 0 Å². The Labute approximate surface area is 81.7 Å². The molecule has 0 radical (unpaired) electrons. The fraction of sp³-hybridized carbons (Fsp3) is 0. The van der Waals surface area contributed by atoms with Crippen molar-refractivity contribution in [2.45, 2.75) is 0 Å². The second-order valence-corrected chi connectivity index (χ2v) is 1.86. The molecule has 0 saturated heterocycles. The number of hydrogen-bond donors (Lipinski definition) is 4. The van der Waals surface area contributed by atoms with Gasteiger partial charge in [0.25, 0.3) is 0 Å². The summed E-state index contributed by atoms with van der Waals surface area (Å²) < 4.78 is 8.74. The molecule has 6 N–H and O–H groups in total. The first kappa shape index (κ1) is 17.8. The van der Waals surface area contributed by atoms with Crippen molar-refractivity contribution in [1.29, 1.82) is 5.26 Å². The smallest absolute Gasteiger partial charge is 0.511 e. The van der Waals surface area contributed by atoms with Crippen LogP contribution in [0.5, 0.6) is 0 Å². The van der Waals surface area contributed by atoms with Crippen molar-refractivity contribution < 1.29 is 18.8 Å². The summed E-state index contributed by atoms with van der Waals surface area (Å²) in [5, 5.41) is 7.64. The van der Waals surface area contributed by atoms with Gasteiger partial charge >= 0.3 is 9.17 Å². The van der Waals surface area contributed by atoms with Gasteiger partial charge in [-0.15, -0.1) is 4.99 Å². The average Bonchev–Trinajstić information content (AvgIpc) is 2.03. The lowest BCUT2D eigenvalue weighted by molar-refractivity contribution is -0.104. The summed E-state index contributed by atoms with van der Waals surface area (Å²) in [6.07, 6.45) is 3.24. The Morgan fingerprint density at radius 3 is 1.86 bits per heavy atom. The standard InChI is InChI=1S/C3H4O.C2H4N4.H2O3Si/c1-2-3-4;3-1-6-2(4)5;1-4(2)3/h2-3H,1H2;(H4,4,5,6);1-2H. The predicted molar refractivity (Wildman–Crippen MR) is 48.6 cm³/mol. The van der Waals surface area contributed by atoms with Crippen LogP contribution in [0.1, 0.15) is 0 Å². The van der Waals surface area contributed by atoms with Gasteiger partial charge in [0.15, 0.2) is 0 Å². The van der Waals surface area contributed by atoms with Gasteiger partial charge in [0.2, 0.25) is 12.2 Å². The highest BCUT2D eigenvalue weighted by Gasteiger charge is 1.85. The number of hydrogen-bond acceptors (Lipinski definition) is 4. The molecular formula is C5H10N4O4Si. The Bertz CT molecular complexity index is 233. The second kappa shape index (κ2) is 17.0. The van der Waals surface area contributed by atoms with Crippen LogP contribution in [0, 0.1) is 11.5 Å². The zero-order chi connectivity index (χ0) is 12.0. The maximum atomic E-state index is 9.06. The Morgan fingerprint density at radius 1 is 1.57 bits per heavy atom. The molecule has 0 atom stereocenters. The Morgan fingerprint density at radius 2 is 1.86 bits per heavy atom. The third kappa shape index (κ3) is 237. The summed E-state index contributed by atoms with van der Waals surface area (Å²) in [5.74, 6) is -0.197. The second-order valence-electron chi connectivity index (χ2n) is 1.29. The highest BCUT2D eigenvalue weighted by molar-refractivity contribution is 6.22. The van der Waals surface area contributed by atoms with Crippen LogP contribution in [0.3, 0.4) is 0 Å². The van der Waals surface area contributed by atoms with E-state index in [9.17, 15) is 0 Å². The molecule has 8 nitrogen and oxygen atoms in total. The number of nitrogens with two attached hydrogens (primary N) is 2. The molecule has 0 aliphatic heterocycles. The van der Waals surface area contributed by atoms with E-state index in [2.05, 4.69) is 11.6 Å². The quantitative estimate of drug-likeness (QED) is 0.0943. The molecular weight excluding hydrogens is 208 g/mol. The van der Waals surface area contributed by atoms with Crippen molar-refractivity contribution in [2.75, 3.05) is 0 Å². The summed E-state index contributed by atoms with van der Waals surface area (Å²) in [5.41, 5.74) is 9.42. The Hall–Kier alpha value is -2.21. The van der Waals surface area contributed by atoms with E-state index in [1.165, 1.54) is 12.3 Å². The highest BCUT2D eigenvalue weighted by atomic mass is 28.3. The van der Waals surface area contributed by atoms with Crippen molar-refractivity contribution in [1.82, 2.24) is 0 Å². The number of nitriles is 1. The van der Waals surface area contributed by atoms with Crippen molar-refractivity contribution >= 4 is 21.4 Å². The topological polar surface area (TPSA) is 163 Å². The molecule has 0 fully saturated rings. The Balaban J connectivity index is -0.000000135. The van der Waals surface area contributed by atoms with Crippen molar-refractivity contribution in [2.24, 2.45) is 16.5 Å². The number of aliphatic imine (C=N–C) groups is 1. The fourth-order valence-electron chi connectivity index (χ4n) is 0.0577. The van der Waals surface area contributed by atoms with Gasteiger partial charge in [-0.1, -0.05) is 6.58 Å². The van der Waals surface area contributed by atoms with E-state index < -0.39 is 9.17 Å². The molecule has 0 aliphatic carbocycles. The van der Waals surface area contributed by atoms with Crippen LogP contribution in [0.2, 0.25) is 0 Å². The molecule has 0 aromatic carbocycles. The van der Waals surface area contributed by atoms with Gasteiger partial charge in [0.1, 0.15) is 6.29 Å². The lowest BCUT2D eigenvalue weighted by Crippen LogP contribution is -2.21. The molecule has 0 spiro atoms. The van der Waals surface area contributed by atoms with E-state index in [0.29, 0.717) is 6.29 Å². The van der Waals surface area contributed by atoms with E-state index in [1.54, 1.807) is 0 Å². The van der Waals surface area contributed by atoms with E-state index in [1.807, 2.05) is 0 Å². The molecule has 0 saturated carbocycles. The molecule has 0 bridgehead atoms. The zero-order valence-electron chi connectivity index (χ0n) is 7.12. The van der Waals surface area contributed by atoms with Crippen LogP contribution in [-0.4, -0.2) is 31.0 Å². The molecule has 0 amide bonds. The number of aldehydes is 1. The molecule has 0 heterocycles. The number of nitrogens with zero attached hydrogens (tertiary/aromatic N) is 2. The van der Waals surface area contributed by atoms with Crippen LogP contribution in [0.15, 0.2) is 17.6 Å². The molecule has 0 aromatic heterocycles. The first-order valence-electron chi connectivity index (χ1n) is 2.88. The van der Waals surface area contributed by atoms with Crippen molar-refractivity contribution in [3.05, 3.63) is 12.7 Å². The van der Waals surface area contributed by atoms with Gasteiger partial charge in [-0.25, -0.2) is 0 Å². The van der Waals surface area contributed by atoms with E-state index in [-0.39, 0.29) is 5.96 Å². The molecule has 0 rings (SSSR count). The third-order valence-electron chi connectivity index (χ3n) is 0.275. The normalized spacial score (nSPS) is 5.64. The maximum Gasteiger partial charge on any atom is 0.761 e. The minimum Gasteiger partial charge on any atom is -0.511 e. The van der Waals surface area contributed by atoms with Gasteiger partial charge in [-0.05, 0) is 6.08 Å². The molecule has 9 heteroatoms. The highest BCUT2D eigenvalue weighted by Crippen LogP contribution is 1.49. The fourth-order valence-corrected chi connectivity index (χ4v) is 0.0577. The number of guanidine groups is 1. The van der Waals surface area contributed by atoms with Gasteiger partial charge in [-0.2, -0.15) is 5.26 Å². The zero-order valence-corrected chi connectivity index (χ0v) is 8.12. The van der Waals surface area contributed by atoms with Crippen LogP contribution >= 0.6 is 0 Å². The van der Waals surface area contributed by atoms with Crippen LogP contribution in [0.25, 0.3) is 0 Å². The van der Waals surface area contributed by atoms with Gasteiger partial charge in [0, 0.05) is 0 Å². The minimum absolute atomic E-state index is 0.197. The minimum atomic E-state index is -3.13. The molecule has 14 heavy (non-hydrogen) atoms. The molecule has 0 aliphatic rings. The van der Waals surface area contributed by atoms with Gasteiger partial charge < -0.3 is 21.1 Å². The largest absolute Gasteiger partial charge is 0.761 e. The van der Waals surface area contributed by atoms with E-state index in [0.717, 1.165) is 0 Å². The molecule has 0 unspecified atom stereocenters. The first-order valence-corrected chi connectivity index (χ1v) is 4.18. The average molecular weight is 218 g/mol. The summed E-state index contributed by atoms with van der Waals surface area (Å²) in [4.78, 5) is 26.3. The van der Waals surface area contributed by atoms with Crippen LogP contribution < -0.4 is 11.5 Å². The number of carbonyl (C=O) groups excluding carboxylic acids is 1. The first-order chi connectivity index (χ1) is 6.42. The van der Waals surface area contributed by atoms with Crippen molar-refractivity contribution in [3.63, 3.8) is 0 Å². The predicted octanol–water partition coefficient (Wildman–Crippen LogP) is -2.50. The SMILES string of the molecule is C=CC=O.N#CN=C(N)N.O=[Si](O)O. The maximum absolute atomic E-state index is 9.06. The van der Waals surface area contributed by atoms with Crippen LogP contribution in [-0.2, 0) is 9.26 Å². The summed E-state index contributed by atoms with van der Waals surface area (Å²) in [7, 11) is -3.13. The van der Waals surface area contributed by atoms with Gasteiger partial charge in [-0.3, -0.25) is 9.26 Å². The monoisotopic (exact) mass is 218 g/mol. The summed E-state index contributed by atoms with van der Waals surface area (Å²) in [6.45, 7) is 3.11. The van der Waals surface area contributed by atoms with Crippen molar-refractivity contribution in [3.8, 4) is 6.19 Å². The van der Waals surface area contributed by atoms with Gasteiger partial charge in [0.05, 0.1) is 0 Å². The Kier molecular flexibility index (Phi) is 21.6. The third-order valence-corrected chi connectivity index (χ3v) is 0.275. The van der Waals surface area contributed by atoms with E-state index in [4.69, 9.17) is 35.6 Å². The number of rotatable bonds is 1. The molecule has 0 aromatic rings.